The van der Waals surface area contributed by atoms with Crippen molar-refractivity contribution < 1.29 is 9.90 Å². The molecule has 5 heteroatoms. The number of hydrogen-bond donors (Lipinski definition) is 2. The van der Waals surface area contributed by atoms with Crippen LogP contribution in [0.25, 0.3) is 0 Å². The van der Waals surface area contributed by atoms with Crippen molar-refractivity contribution in [2.45, 2.75) is 38.6 Å². The van der Waals surface area contributed by atoms with Crippen molar-refractivity contribution in [1.29, 1.82) is 0 Å². The molecule has 3 N–H and O–H groups in total. The number of carbonyl (C=O) groups is 1. The molecule has 1 saturated carbocycles. The molecule has 1 aromatic heterocycles. The maximum absolute atomic E-state index is 12.6. The molecule has 0 unspecified atom stereocenters. The highest BCUT2D eigenvalue weighted by Crippen LogP contribution is 2.25. The number of anilines is 1. The highest BCUT2D eigenvalue weighted by atomic mass is 16.3. The highest BCUT2D eigenvalue weighted by Gasteiger charge is 2.27. The second-order valence-corrected chi connectivity index (χ2v) is 5.08. The Balaban J connectivity index is 2.22. The summed E-state index contributed by atoms with van der Waals surface area (Å²) in [4.78, 5) is 18.4. The average Bonchev–Trinajstić information content (AvgIpc) is 2.87. The van der Waals surface area contributed by atoms with Crippen molar-refractivity contribution in [2.24, 2.45) is 0 Å². The third-order valence-corrected chi connectivity index (χ3v) is 3.59. The van der Waals surface area contributed by atoms with Crippen LogP contribution in [-0.2, 0) is 0 Å². The zero-order valence-electron chi connectivity index (χ0n) is 11.3. The number of pyridine rings is 1. The monoisotopic (exact) mass is 263 g/mol. The van der Waals surface area contributed by atoms with Gasteiger partial charge in [0.15, 0.2) is 0 Å². The Hall–Kier alpha value is -1.62. The first-order valence-corrected chi connectivity index (χ1v) is 6.78. The number of hydrogen-bond acceptors (Lipinski definition) is 4. The van der Waals surface area contributed by atoms with Crippen LogP contribution in [-0.4, -0.2) is 40.1 Å². The molecule has 104 valence electrons. The fourth-order valence-electron chi connectivity index (χ4n) is 2.76. The van der Waals surface area contributed by atoms with Gasteiger partial charge < -0.3 is 15.7 Å². The Morgan fingerprint density at radius 1 is 1.47 bits per heavy atom. The van der Waals surface area contributed by atoms with Gasteiger partial charge in [-0.15, -0.1) is 0 Å². The van der Waals surface area contributed by atoms with E-state index in [9.17, 15) is 9.90 Å². The van der Waals surface area contributed by atoms with Crippen LogP contribution in [0.4, 0.5) is 5.82 Å². The van der Waals surface area contributed by atoms with Gasteiger partial charge in [0.25, 0.3) is 5.91 Å². The summed E-state index contributed by atoms with van der Waals surface area (Å²) in [5.41, 5.74) is 6.99. The lowest BCUT2D eigenvalue weighted by molar-refractivity contribution is 0.0638. The normalized spacial score (nSPS) is 15.7. The average molecular weight is 263 g/mol. The quantitative estimate of drug-likeness (QED) is 0.859. The molecule has 0 radical (unpaired) electrons. The van der Waals surface area contributed by atoms with Gasteiger partial charge in [-0.05, 0) is 31.9 Å². The molecule has 1 aliphatic rings. The molecule has 1 heterocycles. The fraction of sp³-hybridized carbons (Fsp3) is 0.571. The second kappa shape index (κ2) is 6.02. The molecule has 0 aromatic carbocycles. The lowest BCUT2D eigenvalue weighted by Gasteiger charge is -2.28. The van der Waals surface area contributed by atoms with E-state index in [1.54, 1.807) is 17.0 Å². The molecule has 19 heavy (non-hydrogen) atoms. The summed E-state index contributed by atoms with van der Waals surface area (Å²) in [6, 6.07) is 3.60. The number of aryl methyl sites for hydroxylation is 1. The zero-order valence-corrected chi connectivity index (χ0v) is 11.3. The lowest BCUT2D eigenvalue weighted by atomic mass is 10.1. The van der Waals surface area contributed by atoms with Gasteiger partial charge in [0.1, 0.15) is 5.82 Å². The van der Waals surface area contributed by atoms with Crippen molar-refractivity contribution >= 4 is 11.7 Å². The van der Waals surface area contributed by atoms with Crippen LogP contribution in [0.5, 0.6) is 0 Å². The van der Waals surface area contributed by atoms with Gasteiger partial charge in [-0.1, -0.05) is 12.8 Å². The van der Waals surface area contributed by atoms with E-state index in [1.165, 1.54) is 0 Å². The van der Waals surface area contributed by atoms with Crippen molar-refractivity contribution in [2.75, 3.05) is 18.9 Å². The van der Waals surface area contributed by atoms with Gasteiger partial charge in [-0.25, -0.2) is 4.98 Å². The van der Waals surface area contributed by atoms with E-state index < -0.39 is 0 Å². The van der Waals surface area contributed by atoms with Crippen molar-refractivity contribution in [3.63, 3.8) is 0 Å². The molecule has 1 aliphatic carbocycles. The Morgan fingerprint density at radius 3 is 2.74 bits per heavy atom. The second-order valence-electron chi connectivity index (χ2n) is 5.08. The van der Waals surface area contributed by atoms with E-state index >= 15 is 0 Å². The molecular weight excluding hydrogens is 242 g/mol. The van der Waals surface area contributed by atoms with Crippen LogP contribution in [0, 0.1) is 6.92 Å². The predicted octanol–water partition coefficient (Wildman–Crippen LogP) is 1.35. The van der Waals surface area contributed by atoms with Crippen LogP contribution in [0.3, 0.4) is 0 Å². The number of nitrogens with zero attached hydrogens (tertiary/aromatic N) is 2. The molecule has 5 nitrogen and oxygen atoms in total. The standard InChI is InChI=1S/C14H21N3O2/c1-10-8-11(9-13(15)16-10)14(19)17(6-7-18)12-4-2-3-5-12/h8-9,12,18H,2-7H2,1H3,(H2,15,16). The summed E-state index contributed by atoms with van der Waals surface area (Å²) in [6.45, 7) is 2.19. The largest absolute Gasteiger partial charge is 0.395 e. The first kappa shape index (κ1) is 13.8. The van der Waals surface area contributed by atoms with Crippen LogP contribution < -0.4 is 5.73 Å². The molecule has 2 rings (SSSR count). The summed E-state index contributed by atoms with van der Waals surface area (Å²) in [6.07, 6.45) is 4.34. The minimum absolute atomic E-state index is 0.0121. The fourth-order valence-corrected chi connectivity index (χ4v) is 2.76. The Kier molecular flexibility index (Phi) is 4.37. The number of aliphatic hydroxyl groups excluding tert-OH is 1. The van der Waals surface area contributed by atoms with Crippen LogP contribution >= 0.6 is 0 Å². The summed E-state index contributed by atoms with van der Waals surface area (Å²) in [5.74, 6) is 0.303. The van der Waals surface area contributed by atoms with Gasteiger partial charge in [-0.2, -0.15) is 0 Å². The number of nitrogen functional groups attached to an aromatic ring is 1. The molecule has 0 atom stereocenters. The third-order valence-electron chi connectivity index (χ3n) is 3.59. The number of amides is 1. The summed E-state index contributed by atoms with van der Waals surface area (Å²) >= 11 is 0. The van der Waals surface area contributed by atoms with Gasteiger partial charge >= 0.3 is 0 Å². The van der Waals surface area contributed by atoms with Crippen LogP contribution in [0.2, 0.25) is 0 Å². The van der Waals surface area contributed by atoms with E-state index in [1.807, 2.05) is 6.92 Å². The number of aliphatic hydroxyl groups is 1. The molecule has 0 bridgehead atoms. The molecule has 1 aromatic rings. The van der Waals surface area contributed by atoms with E-state index in [4.69, 9.17) is 5.73 Å². The van der Waals surface area contributed by atoms with E-state index in [2.05, 4.69) is 4.98 Å². The zero-order chi connectivity index (χ0) is 13.8. The van der Waals surface area contributed by atoms with Crippen LogP contribution in [0.15, 0.2) is 12.1 Å². The Bertz CT molecular complexity index is 436. The van der Waals surface area contributed by atoms with Crippen LogP contribution in [0.1, 0.15) is 41.7 Å². The maximum Gasteiger partial charge on any atom is 0.254 e. The Morgan fingerprint density at radius 2 is 2.16 bits per heavy atom. The molecule has 1 fully saturated rings. The minimum Gasteiger partial charge on any atom is -0.395 e. The highest BCUT2D eigenvalue weighted by molar-refractivity contribution is 5.95. The number of rotatable bonds is 4. The first-order valence-electron chi connectivity index (χ1n) is 6.78. The molecule has 0 saturated heterocycles. The molecule has 1 amide bonds. The van der Waals surface area contributed by atoms with Crippen molar-refractivity contribution in [1.82, 2.24) is 9.88 Å². The summed E-state index contributed by atoms with van der Waals surface area (Å²) in [7, 11) is 0. The first-order chi connectivity index (χ1) is 9.11. The lowest BCUT2D eigenvalue weighted by Crippen LogP contribution is -2.40. The van der Waals surface area contributed by atoms with Crippen molar-refractivity contribution in [3.8, 4) is 0 Å². The summed E-state index contributed by atoms with van der Waals surface area (Å²) in [5, 5.41) is 9.17. The van der Waals surface area contributed by atoms with Gasteiger partial charge in [0, 0.05) is 23.8 Å². The SMILES string of the molecule is Cc1cc(C(=O)N(CCO)C2CCCC2)cc(N)n1. The van der Waals surface area contributed by atoms with Gasteiger partial charge in [-0.3, -0.25) is 4.79 Å². The molecule has 0 spiro atoms. The van der Waals surface area contributed by atoms with E-state index in [0.29, 0.717) is 17.9 Å². The van der Waals surface area contributed by atoms with E-state index in [0.717, 1.165) is 31.4 Å². The van der Waals surface area contributed by atoms with Gasteiger partial charge in [0.05, 0.1) is 6.61 Å². The predicted molar refractivity (Wildman–Crippen MR) is 73.8 cm³/mol. The number of aromatic nitrogens is 1. The topological polar surface area (TPSA) is 79.5 Å². The smallest absolute Gasteiger partial charge is 0.254 e. The van der Waals surface area contributed by atoms with Gasteiger partial charge in [0.2, 0.25) is 0 Å². The Labute approximate surface area is 113 Å². The number of carbonyl (C=O) groups excluding carboxylic acids is 1. The summed E-state index contributed by atoms with van der Waals surface area (Å²) < 4.78 is 0. The van der Waals surface area contributed by atoms with E-state index in [-0.39, 0.29) is 18.6 Å². The number of nitrogens with two attached hydrogens (primary N) is 1. The maximum atomic E-state index is 12.6. The molecular formula is C14H21N3O2. The third kappa shape index (κ3) is 3.23. The van der Waals surface area contributed by atoms with Crippen molar-refractivity contribution in [3.05, 3.63) is 23.4 Å². The minimum atomic E-state index is -0.0573. The molecule has 0 aliphatic heterocycles.